The van der Waals surface area contributed by atoms with Crippen LogP contribution in [0, 0.1) is 0 Å². The molecule has 0 aliphatic carbocycles. The molecule has 0 amide bonds. The van der Waals surface area contributed by atoms with Crippen molar-refractivity contribution in [2.45, 2.75) is 19.1 Å². The van der Waals surface area contributed by atoms with Gasteiger partial charge in [-0.25, -0.2) is 4.79 Å². The van der Waals surface area contributed by atoms with E-state index < -0.39 is 5.97 Å². The topological polar surface area (TPSA) is 96.0 Å². The molecule has 6 nitrogen and oxygen atoms in total. The Morgan fingerprint density at radius 3 is 2.85 bits per heavy atom. The highest BCUT2D eigenvalue weighted by atomic mass is 35.5. The van der Waals surface area contributed by atoms with E-state index in [0.29, 0.717) is 24.5 Å². The average molecular weight is 301 g/mol. The lowest BCUT2D eigenvalue weighted by atomic mass is 10.1. The molecule has 2 atom stereocenters. The number of nitrogen functional groups attached to an aromatic ring is 1. The maximum Gasteiger partial charge on any atom is 0.337 e. The number of halogens is 1. The van der Waals surface area contributed by atoms with E-state index in [1.807, 2.05) is 11.8 Å². The van der Waals surface area contributed by atoms with Crippen LogP contribution in [0.5, 0.6) is 0 Å². The zero-order chi connectivity index (χ0) is 14.9. The van der Waals surface area contributed by atoms with Crippen molar-refractivity contribution in [3.8, 4) is 0 Å². The number of carboxylic acids is 1. The molecule has 7 heteroatoms. The highest BCUT2D eigenvalue weighted by Crippen LogP contribution is 2.34. The molecule has 0 radical (unpaired) electrons. The van der Waals surface area contributed by atoms with Gasteiger partial charge in [-0.15, -0.1) is 0 Å². The lowest BCUT2D eigenvalue weighted by Gasteiger charge is -2.38. The molecule has 1 heterocycles. The standard InChI is InChI=1S/C13H17ClN2O4/c1-7-4-16(5-9(6-17)20-7)12-10(13(18)19)2-8(15)3-11(12)14/h2-3,7,9,17H,4-6,15H2,1H3,(H,18,19). The van der Waals surface area contributed by atoms with E-state index in [1.165, 1.54) is 12.1 Å². The van der Waals surface area contributed by atoms with Crippen LogP contribution >= 0.6 is 11.6 Å². The molecule has 110 valence electrons. The zero-order valence-electron chi connectivity index (χ0n) is 11.0. The number of hydrogen-bond donors (Lipinski definition) is 3. The van der Waals surface area contributed by atoms with Crippen LogP contribution in [0.15, 0.2) is 12.1 Å². The number of morpholine rings is 1. The summed E-state index contributed by atoms with van der Waals surface area (Å²) in [5, 5.41) is 18.8. The first-order valence-corrected chi connectivity index (χ1v) is 6.63. The summed E-state index contributed by atoms with van der Waals surface area (Å²) >= 11 is 6.16. The van der Waals surface area contributed by atoms with Gasteiger partial charge in [0.05, 0.1) is 35.1 Å². The van der Waals surface area contributed by atoms with Crippen molar-refractivity contribution in [1.82, 2.24) is 0 Å². The number of carbonyl (C=O) groups is 1. The van der Waals surface area contributed by atoms with E-state index in [-0.39, 0.29) is 29.4 Å². The van der Waals surface area contributed by atoms with Gasteiger partial charge in [0.25, 0.3) is 0 Å². The minimum Gasteiger partial charge on any atom is -0.478 e. The average Bonchev–Trinajstić information content (AvgIpc) is 2.36. The lowest BCUT2D eigenvalue weighted by molar-refractivity contribution is -0.0421. The molecule has 0 saturated carbocycles. The number of ether oxygens (including phenoxy) is 1. The fourth-order valence-corrected chi connectivity index (χ4v) is 2.78. The minimum absolute atomic E-state index is 0.0563. The largest absolute Gasteiger partial charge is 0.478 e. The number of nitrogens with zero attached hydrogens (tertiary/aromatic N) is 1. The summed E-state index contributed by atoms with van der Waals surface area (Å²) in [4.78, 5) is 13.2. The van der Waals surface area contributed by atoms with E-state index in [1.54, 1.807) is 0 Å². The third-order valence-corrected chi connectivity index (χ3v) is 3.45. The Hall–Kier alpha value is -1.50. The molecule has 1 aromatic rings. The van der Waals surface area contributed by atoms with Crippen LogP contribution in [0.3, 0.4) is 0 Å². The van der Waals surface area contributed by atoms with Gasteiger partial charge >= 0.3 is 5.97 Å². The predicted molar refractivity (Wildman–Crippen MR) is 76.5 cm³/mol. The second kappa shape index (κ2) is 5.87. The maximum absolute atomic E-state index is 11.4. The highest BCUT2D eigenvalue weighted by Gasteiger charge is 2.29. The number of aliphatic hydroxyl groups is 1. The van der Waals surface area contributed by atoms with Crippen molar-refractivity contribution in [2.24, 2.45) is 0 Å². The first-order chi connectivity index (χ1) is 9.42. The summed E-state index contributed by atoms with van der Waals surface area (Å²) in [6, 6.07) is 2.91. The highest BCUT2D eigenvalue weighted by molar-refractivity contribution is 6.34. The van der Waals surface area contributed by atoms with Gasteiger partial charge in [0.15, 0.2) is 0 Å². The molecule has 1 fully saturated rings. The van der Waals surface area contributed by atoms with Gasteiger partial charge in [0.1, 0.15) is 0 Å². The number of anilines is 2. The molecule has 0 bridgehead atoms. The van der Waals surface area contributed by atoms with E-state index in [4.69, 9.17) is 22.1 Å². The van der Waals surface area contributed by atoms with Crippen molar-refractivity contribution in [3.05, 3.63) is 22.7 Å². The van der Waals surface area contributed by atoms with Gasteiger partial charge in [-0.1, -0.05) is 11.6 Å². The Morgan fingerprint density at radius 1 is 1.55 bits per heavy atom. The van der Waals surface area contributed by atoms with Crippen LogP contribution in [0.25, 0.3) is 0 Å². The zero-order valence-corrected chi connectivity index (χ0v) is 11.8. The van der Waals surface area contributed by atoms with E-state index in [2.05, 4.69) is 0 Å². The van der Waals surface area contributed by atoms with Crippen molar-refractivity contribution in [1.29, 1.82) is 0 Å². The monoisotopic (exact) mass is 300 g/mol. The molecule has 2 unspecified atom stereocenters. The van der Waals surface area contributed by atoms with Crippen molar-refractivity contribution in [3.63, 3.8) is 0 Å². The molecule has 20 heavy (non-hydrogen) atoms. The Balaban J connectivity index is 2.43. The van der Waals surface area contributed by atoms with Crippen LogP contribution < -0.4 is 10.6 Å². The predicted octanol–water partition coefficient (Wildman–Crippen LogP) is 1.21. The van der Waals surface area contributed by atoms with Crippen molar-refractivity contribution >= 4 is 28.9 Å². The van der Waals surface area contributed by atoms with Crippen molar-refractivity contribution < 1.29 is 19.7 Å². The number of carboxylic acid groups (broad SMARTS) is 1. The van der Waals surface area contributed by atoms with Crippen LogP contribution in [-0.4, -0.2) is 48.1 Å². The first-order valence-electron chi connectivity index (χ1n) is 6.26. The fraction of sp³-hybridized carbons (Fsp3) is 0.462. The second-order valence-corrected chi connectivity index (χ2v) is 5.27. The van der Waals surface area contributed by atoms with Crippen LogP contribution in [-0.2, 0) is 4.74 Å². The lowest BCUT2D eigenvalue weighted by Crippen LogP contribution is -2.48. The third kappa shape index (κ3) is 2.98. The Kier molecular flexibility index (Phi) is 4.37. The molecule has 1 aliphatic heterocycles. The van der Waals surface area contributed by atoms with Gasteiger partial charge < -0.3 is 25.6 Å². The third-order valence-electron chi connectivity index (χ3n) is 3.16. The van der Waals surface area contributed by atoms with Crippen LogP contribution in [0.2, 0.25) is 5.02 Å². The molecule has 0 spiro atoms. The summed E-state index contributed by atoms with van der Waals surface area (Å²) in [6.07, 6.45) is -0.495. The quantitative estimate of drug-likeness (QED) is 0.726. The molecule has 2 rings (SSSR count). The van der Waals surface area contributed by atoms with E-state index in [9.17, 15) is 15.0 Å². The fourth-order valence-electron chi connectivity index (χ4n) is 2.43. The van der Waals surface area contributed by atoms with E-state index in [0.717, 1.165) is 0 Å². The Labute approximate surface area is 121 Å². The van der Waals surface area contributed by atoms with E-state index >= 15 is 0 Å². The van der Waals surface area contributed by atoms with Crippen molar-refractivity contribution in [2.75, 3.05) is 30.3 Å². The molecule has 4 N–H and O–H groups in total. The number of rotatable bonds is 3. The van der Waals surface area contributed by atoms with Crippen LogP contribution in [0.4, 0.5) is 11.4 Å². The number of aromatic carboxylic acids is 1. The summed E-state index contributed by atoms with van der Waals surface area (Å²) in [6.45, 7) is 2.61. The Morgan fingerprint density at radius 2 is 2.25 bits per heavy atom. The van der Waals surface area contributed by atoms with Gasteiger partial charge in [-0.3, -0.25) is 0 Å². The summed E-state index contributed by atoms with van der Waals surface area (Å²) in [7, 11) is 0. The minimum atomic E-state index is -1.09. The molecule has 1 aliphatic rings. The summed E-state index contributed by atoms with van der Waals surface area (Å²) in [5.41, 5.74) is 6.42. The molecular weight excluding hydrogens is 284 g/mol. The number of nitrogens with two attached hydrogens (primary N) is 1. The van der Waals surface area contributed by atoms with Gasteiger partial charge in [0.2, 0.25) is 0 Å². The molecule has 1 aromatic carbocycles. The van der Waals surface area contributed by atoms with Gasteiger partial charge in [0, 0.05) is 18.8 Å². The number of aliphatic hydroxyl groups excluding tert-OH is 1. The smallest absolute Gasteiger partial charge is 0.337 e. The maximum atomic E-state index is 11.4. The summed E-state index contributed by atoms with van der Waals surface area (Å²) in [5.74, 6) is -1.09. The normalized spacial score (nSPS) is 22.9. The second-order valence-electron chi connectivity index (χ2n) is 4.86. The van der Waals surface area contributed by atoms with Gasteiger partial charge in [-0.05, 0) is 19.1 Å². The molecular formula is C13H17ClN2O4. The first kappa shape index (κ1) is 14.9. The number of benzene rings is 1. The van der Waals surface area contributed by atoms with Crippen LogP contribution in [0.1, 0.15) is 17.3 Å². The molecule has 1 saturated heterocycles. The summed E-state index contributed by atoms with van der Waals surface area (Å²) < 4.78 is 5.54. The SMILES string of the molecule is CC1CN(c2c(Cl)cc(N)cc2C(=O)O)CC(CO)O1. The Bertz CT molecular complexity index is 523. The number of hydrogen-bond acceptors (Lipinski definition) is 5. The van der Waals surface area contributed by atoms with Gasteiger partial charge in [-0.2, -0.15) is 0 Å². The molecule has 0 aromatic heterocycles.